The molecule has 0 aromatic heterocycles. The summed E-state index contributed by atoms with van der Waals surface area (Å²) in [7, 11) is -9.72. The normalized spacial score (nSPS) is 41.9. The van der Waals surface area contributed by atoms with Crippen LogP contribution in [-0.4, -0.2) is 125 Å². The molecule has 8 aliphatic rings. The Balaban J connectivity index is 0.948. The highest BCUT2D eigenvalue weighted by Crippen LogP contribution is 2.72. The van der Waals surface area contributed by atoms with Crippen molar-refractivity contribution in [2.45, 2.75) is 254 Å². The van der Waals surface area contributed by atoms with Crippen LogP contribution in [0.4, 0.5) is 0 Å². The number of rotatable bonds is 32. The van der Waals surface area contributed by atoms with Crippen molar-refractivity contribution in [1.82, 2.24) is 21.3 Å². The fourth-order valence-electron chi connectivity index (χ4n) is 22.7. The zero-order valence-electron chi connectivity index (χ0n) is 55.7. The first-order valence-electron chi connectivity index (χ1n) is 35.5. The molecule has 18 heteroatoms. The predicted molar refractivity (Wildman–Crippen MR) is 345 cm³/mol. The minimum absolute atomic E-state index is 0.0103. The van der Waals surface area contributed by atoms with Gasteiger partial charge in [0.2, 0.25) is 0 Å². The molecule has 8 aliphatic carbocycles. The van der Waals surface area contributed by atoms with Gasteiger partial charge in [0, 0.05) is 12.1 Å². The van der Waals surface area contributed by atoms with Gasteiger partial charge in [-0.2, -0.15) is 16.8 Å². The highest BCUT2D eigenvalue weighted by molar-refractivity contribution is 7.81. The molecule has 0 saturated heterocycles. The third-order valence-electron chi connectivity index (χ3n) is 27.4. The topological polar surface area (TPSA) is 268 Å². The minimum Gasteiger partial charge on any atom is -0.393 e. The van der Waals surface area contributed by atoms with Crippen LogP contribution in [0.1, 0.15) is 217 Å². The van der Waals surface area contributed by atoms with Crippen LogP contribution in [0.3, 0.4) is 0 Å². The molecule has 0 radical (unpaired) electrons. The van der Waals surface area contributed by atoms with Crippen molar-refractivity contribution < 1.29 is 44.5 Å². The van der Waals surface area contributed by atoms with Gasteiger partial charge in [-0.3, -0.25) is 9.11 Å². The fraction of sp³-hybridized carbons (Fsp3) is 1.00. The zero-order valence-corrected chi connectivity index (χ0v) is 57.3. The highest BCUT2D eigenvalue weighted by Gasteiger charge is 2.67. The van der Waals surface area contributed by atoms with Gasteiger partial charge in [0.15, 0.2) is 0 Å². The summed E-state index contributed by atoms with van der Waals surface area (Å²) in [6.07, 6.45) is 19.0. The van der Waals surface area contributed by atoms with E-state index in [1.165, 1.54) is 12.8 Å². The van der Waals surface area contributed by atoms with Crippen LogP contribution in [0, 0.1) is 122 Å². The molecule has 0 aromatic carbocycles. The van der Waals surface area contributed by atoms with Gasteiger partial charge >= 0.3 is 20.8 Å². The summed E-state index contributed by atoms with van der Waals surface area (Å²) in [5.41, 5.74) is 11.7. The van der Waals surface area contributed by atoms with Gasteiger partial charge in [0.05, 0.1) is 24.4 Å². The summed E-state index contributed by atoms with van der Waals surface area (Å²) in [5.74, 6) is 3.56. The van der Waals surface area contributed by atoms with Crippen molar-refractivity contribution in [2.24, 2.45) is 134 Å². The van der Waals surface area contributed by atoms with Crippen LogP contribution >= 0.6 is 0 Å². The molecule has 86 heavy (non-hydrogen) atoms. The first-order valence-corrected chi connectivity index (χ1v) is 38.2. The fourth-order valence-corrected chi connectivity index (χ4v) is 23.9. The summed E-state index contributed by atoms with van der Waals surface area (Å²) in [4.78, 5) is 0. The molecule has 8 fully saturated rings. The van der Waals surface area contributed by atoms with Gasteiger partial charge in [-0.15, -0.1) is 0 Å². The Kier molecular flexibility index (Phi) is 24.7. The summed E-state index contributed by atoms with van der Waals surface area (Å²) in [5, 5.41) is 39.9. The number of nitrogens with one attached hydrogen (secondary N) is 4. The molecule has 12 N–H and O–H groups in total. The second kappa shape index (κ2) is 29.8. The first kappa shape index (κ1) is 71.3. The van der Waals surface area contributed by atoms with Crippen molar-refractivity contribution in [1.29, 1.82) is 0 Å². The van der Waals surface area contributed by atoms with E-state index in [2.05, 4.69) is 76.7 Å². The molecule has 0 heterocycles. The van der Waals surface area contributed by atoms with E-state index in [1.807, 2.05) is 20.8 Å². The maximum atomic E-state index is 13.1. The molecule has 26 atom stereocenters. The van der Waals surface area contributed by atoms with E-state index in [4.69, 9.17) is 19.8 Å². The van der Waals surface area contributed by atoms with Crippen LogP contribution in [0.25, 0.3) is 0 Å². The summed E-state index contributed by atoms with van der Waals surface area (Å²) in [6, 6.07) is 0.906. The van der Waals surface area contributed by atoms with Crippen molar-refractivity contribution in [2.75, 3.05) is 52.4 Å². The van der Waals surface area contributed by atoms with Gasteiger partial charge in [0.1, 0.15) is 0 Å². The van der Waals surface area contributed by atoms with Crippen molar-refractivity contribution in [3.63, 3.8) is 0 Å². The molecule has 0 aromatic rings. The molecule has 16 nitrogen and oxygen atoms in total. The number of aliphatic hydroxyl groups is 2. The molecule has 8 saturated carbocycles. The second-order valence-electron chi connectivity index (χ2n) is 32.4. The molecule has 0 amide bonds. The summed E-state index contributed by atoms with van der Waals surface area (Å²) < 4.78 is 83.4. The van der Waals surface area contributed by atoms with Crippen LogP contribution in [-0.2, 0) is 29.2 Å². The van der Waals surface area contributed by atoms with Gasteiger partial charge in [-0.05, 0) is 316 Å². The maximum Gasteiger partial charge on any atom is 0.397 e. The quantitative estimate of drug-likeness (QED) is 0.0222. The zero-order chi connectivity index (χ0) is 62.7. The lowest BCUT2D eigenvalue weighted by molar-refractivity contribution is -0.198. The average molecular weight is 1250 g/mol. The highest BCUT2D eigenvalue weighted by atomic mass is 32.3. The van der Waals surface area contributed by atoms with Gasteiger partial charge in [-0.1, -0.05) is 76.2 Å². The Bertz CT molecular complexity index is 2360. The lowest BCUT2D eigenvalue weighted by Crippen LogP contribution is -2.63. The summed E-state index contributed by atoms with van der Waals surface area (Å²) in [6.45, 7) is 32.8. The minimum atomic E-state index is -4.89. The van der Waals surface area contributed by atoms with E-state index < -0.39 is 45.0 Å². The van der Waals surface area contributed by atoms with Crippen molar-refractivity contribution in [3.8, 4) is 0 Å². The lowest BCUT2D eigenvalue weighted by Gasteiger charge is -2.66. The summed E-state index contributed by atoms with van der Waals surface area (Å²) >= 11 is 0. The molecular weight excluding hydrogens is 1120 g/mol. The SMILES string of the molecule is CC(C)C(CC(C(C)C(CC[C@H](C)C1CCC2C1[C@H](C)CC1C2[C@H](O)C[C@@]2(C)C[C@@H](NCCCNCCCCN)CC[C@]12C)OS(=O)(=O)O)[C@H](C)C1CCC2C1[C@H](C)CC1C2[C@H](O)C[C@@]2(C)C[C@@H](NCCCNCCCN)CC[C@]12C)OS(=O)(=O)O. The van der Waals surface area contributed by atoms with E-state index in [0.717, 1.165) is 155 Å². The standard InChI is InChI=1S/C68H128N6O10S2/c1-42(2)60(84-86(80,81)82)37-54(46(6)51-19-21-53-62(51)45(5)36-56-64(53)58(76)41-66(9)39-49(24-26-68(56,66)11)74-34-16-32-72-30-14-28-70)47(7)59(83-85(77,78)79)22-17-43(3)50-18-20-52-61(50)44(4)35-55-63(52)57(75)40-65(8)38-48(23-25-67(55,65)10)73-33-15-31-71-29-13-12-27-69/h42-64,71-76H,12-41,69-70H2,1-11H3,(H,77,78,79)(H,80,81,82)/t43-,44+,45+,46+,47?,48-,49-,50?,51?,52?,53?,54?,55?,56?,57+,58+,59?,60?,61?,62?,63?,64?,65+,66+,67+,68+/m0/s1. The number of fused-ring (bicyclic) bond motifs is 10. The van der Waals surface area contributed by atoms with Crippen LogP contribution in [0.2, 0.25) is 0 Å². The number of hydrogen-bond donors (Lipinski definition) is 10. The molecule has 8 rings (SSSR count). The van der Waals surface area contributed by atoms with E-state index >= 15 is 0 Å². The van der Waals surface area contributed by atoms with Gasteiger partial charge in [0.25, 0.3) is 0 Å². The molecule has 0 bridgehead atoms. The van der Waals surface area contributed by atoms with E-state index in [9.17, 15) is 36.2 Å². The van der Waals surface area contributed by atoms with Crippen LogP contribution < -0.4 is 32.7 Å². The molecule has 502 valence electrons. The van der Waals surface area contributed by atoms with Crippen LogP contribution in [0.5, 0.6) is 0 Å². The average Bonchev–Trinajstić information content (AvgIpc) is 1.07. The van der Waals surface area contributed by atoms with Crippen molar-refractivity contribution in [3.05, 3.63) is 0 Å². The second-order valence-corrected chi connectivity index (χ2v) is 34.5. The lowest BCUT2D eigenvalue weighted by atomic mass is 9.40. The predicted octanol–water partition coefficient (Wildman–Crippen LogP) is 10.4. The molecular formula is C68H128N6O10S2. The smallest absolute Gasteiger partial charge is 0.393 e. The maximum absolute atomic E-state index is 13.1. The largest absolute Gasteiger partial charge is 0.397 e. The van der Waals surface area contributed by atoms with Crippen LogP contribution in [0.15, 0.2) is 0 Å². The van der Waals surface area contributed by atoms with Gasteiger partial charge < -0.3 is 42.9 Å². The number of hydrogen-bond acceptors (Lipinski definition) is 14. The Hall–Kier alpha value is -0.580. The number of nitrogens with two attached hydrogens (primary N) is 2. The number of aliphatic hydroxyl groups excluding tert-OH is 2. The third kappa shape index (κ3) is 15.8. The third-order valence-corrected chi connectivity index (χ3v) is 28.4. The van der Waals surface area contributed by atoms with E-state index in [1.54, 1.807) is 0 Å². The molecule has 14 unspecified atom stereocenters. The Morgan fingerprint density at radius 2 is 1.00 bits per heavy atom. The van der Waals surface area contributed by atoms with E-state index in [-0.39, 0.29) is 75.6 Å². The Morgan fingerprint density at radius 1 is 0.547 bits per heavy atom. The first-order chi connectivity index (χ1) is 40.5. The van der Waals surface area contributed by atoms with Gasteiger partial charge in [-0.25, -0.2) is 8.37 Å². The monoisotopic (exact) mass is 1250 g/mol. The molecule has 0 spiro atoms. The number of unbranched alkanes of at least 4 members (excludes halogenated alkanes) is 1. The molecule has 0 aliphatic heterocycles. The Morgan fingerprint density at radius 3 is 1.48 bits per heavy atom. The van der Waals surface area contributed by atoms with E-state index in [0.29, 0.717) is 84.7 Å². The Labute approximate surface area is 524 Å². The van der Waals surface area contributed by atoms with Crippen molar-refractivity contribution >= 4 is 20.8 Å².